The topological polar surface area (TPSA) is 79.3 Å². The number of aliphatic hydroxyl groups is 1. The lowest BCUT2D eigenvalue weighted by molar-refractivity contribution is -0.132. The number of hydrogen-bond donors (Lipinski definition) is 1. The van der Waals surface area contributed by atoms with Gasteiger partial charge in [0.15, 0.2) is 0 Å². The summed E-state index contributed by atoms with van der Waals surface area (Å²) in [5.41, 5.74) is 4.32. The summed E-state index contributed by atoms with van der Waals surface area (Å²) < 4.78 is 11.6. The second-order valence-corrected chi connectivity index (χ2v) is 10.5. The SMILES string of the molecule is CCCOc1ccccc1N1C(=O)C(=O)/C(=C(/O)c2cc(C(C)C)c(OC)cc2C)C1c1ccc(N(C)C)cc1. The number of amides is 1. The molecule has 1 heterocycles. The summed E-state index contributed by atoms with van der Waals surface area (Å²) in [5, 5.41) is 11.8. The van der Waals surface area contributed by atoms with Gasteiger partial charge in [-0.05, 0) is 72.4 Å². The number of aliphatic hydroxyl groups excluding tert-OH is 1. The number of anilines is 2. The zero-order valence-corrected chi connectivity index (χ0v) is 24.3. The minimum absolute atomic E-state index is 0.0378. The molecule has 1 unspecified atom stereocenters. The first kappa shape index (κ1) is 28.7. The Morgan fingerprint density at radius 2 is 1.70 bits per heavy atom. The van der Waals surface area contributed by atoms with Crippen molar-refractivity contribution >= 4 is 28.8 Å². The Bertz CT molecular complexity index is 1440. The van der Waals surface area contributed by atoms with E-state index in [2.05, 4.69) is 0 Å². The standard InChI is InChI=1S/C33H38N2O5/c1-8-17-40-27-12-10-9-11-26(27)35-30(22-13-15-23(16-14-22)34(5)6)29(32(37)33(35)38)31(36)25-19-24(20(2)3)28(39-7)18-21(25)4/h9-16,18-20,30,36H,8,17H2,1-7H3/b31-29+. The molecule has 40 heavy (non-hydrogen) atoms. The van der Waals surface area contributed by atoms with Crippen LogP contribution in [0.5, 0.6) is 11.5 Å². The Morgan fingerprint density at radius 1 is 1.02 bits per heavy atom. The van der Waals surface area contributed by atoms with Gasteiger partial charge in [0.25, 0.3) is 11.7 Å². The number of hydrogen-bond acceptors (Lipinski definition) is 6. The van der Waals surface area contributed by atoms with Crippen LogP contribution in [0.2, 0.25) is 0 Å². The lowest BCUT2D eigenvalue weighted by atomic mass is 9.91. The number of Topliss-reactive ketones (excluding diaryl/α,β-unsaturated/α-hetero) is 1. The largest absolute Gasteiger partial charge is 0.507 e. The number of ketones is 1. The highest BCUT2D eigenvalue weighted by Gasteiger charge is 2.48. The molecule has 3 aromatic carbocycles. The Labute approximate surface area is 236 Å². The maximum atomic E-state index is 13.8. The molecule has 0 bridgehead atoms. The molecule has 3 aromatic rings. The van der Waals surface area contributed by atoms with Crippen LogP contribution >= 0.6 is 0 Å². The van der Waals surface area contributed by atoms with E-state index in [0.29, 0.717) is 34.9 Å². The number of ether oxygens (including phenoxy) is 2. The van der Waals surface area contributed by atoms with E-state index in [-0.39, 0.29) is 17.3 Å². The summed E-state index contributed by atoms with van der Waals surface area (Å²) in [7, 11) is 5.50. The Hall–Kier alpha value is -4.26. The Morgan fingerprint density at radius 3 is 2.30 bits per heavy atom. The molecular formula is C33H38N2O5. The third-order valence-electron chi connectivity index (χ3n) is 7.21. The third kappa shape index (κ3) is 5.28. The van der Waals surface area contributed by atoms with Gasteiger partial charge < -0.3 is 19.5 Å². The van der Waals surface area contributed by atoms with Gasteiger partial charge in [0.1, 0.15) is 17.3 Å². The second kappa shape index (κ2) is 11.9. The highest BCUT2D eigenvalue weighted by atomic mass is 16.5. The van der Waals surface area contributed by atoms with E-state index in [4.69, 9.17) is 9.47 Å². The van der Waals surface area contributed by atoms with E-state index in [1.165, 1.54) is 4.90 Å². The van der Waals surface area contributed by atoms with E-state index < -0.39 is 17.7 Å². The minimum Gasteiger partial charge on any atom is -0.507 e. The predicted molar refractivity (Wildman–Crippen MR) is 160 cm³/mol. The molecule has 0 aromatic heterocycles. The van der Waals surface area contributed by atoms with Crippen LogP contribution in [0.4, 0.5) is 11.4 Å². The number of aryl methyl sites for hydroxylation is 1. The van der Waals surface area contributed by atoms with Crippen molar-refractivity contribution in [3.8, 4) is 11.5 Å². The number of carbonyl (C=O) groups is 2. The van der Waals surface area contributed by atoms with Crippen molar-refractivity contribution in [2.45, 2.75) is 46.1 Å². The summed E-state index contributed by atoms with van der Waals surface area (Å²) in [6.07, 6.45) is 0.789. The van der Waals surface area contributed by atoms with Crippen LogP contribution in [-0.4, -0.2) is 44.6 Å². The smallest absolute Gasteiger partial charge is 0.300 e. The van der Waals surface area contributed by atoms with Crippen LogP contribution in [0.1, 0.15) is 61.4 Å². The highest BCUT2D eigenvalue weighted by Crippen LogP contribution is 2.46. The molecule has 0 radical (unpaired) electrons. The molecule has 0 spiro atoms. The van der Waals surface area contributed by atoms with Crippen molar-refractivity contribution in [3.05, 3.63) is 88.5 Å². The van der Waals surface area contributed by atoms with E-state index in [1.807, 2.05) is 95.2 Å². The number of nitrogens with zero attached hydrogens (tertiary/aromatic N) is 2. The zero-order valence-electron chi connectivity index (χ0n) is 24.3. The van der Waals surface area contributed by atoms with Crippen molar-refractivity contribution in [3.63, 3.8) is 0 Å². The van der Waals surface area contributed by atoms with Crippen LogP contribution in [0, 0.1) is 6.92 Å². The Balaban J connectivity index is 1.98. The van der Waals surface area contributed by atoms with E-state index in [0.717, 1.165) is 23.2 Å². The fourth-order valence-corrected chi connectivity index (χ4v) is 5.07. The van der Waals surface area contributed by atoms with Crippen LogP contribution in [0.3, 0.4) is 0 Å². The van der Waals surface area contributed by atoms with Gasteiger partial charge in [-0.15, -0.1) is 0 Å². The van der Waals surface area contributed by atoms with Gasteiger partial charge in [-0.3, -0.25) is 14.5 Å². The first-order valence-electron chi connectivity index (χ1n) is 13.6. The Kier molecular flexibility index (Phi) is 8.52. The average molecular weight is 543 g/mol. The molecule has 1 N–H and O–H groups in total. The monoisotopic (exact) mass is 542 g/mol. The van der Waals surface area contributed by atoms with Crippen molar-refractivity contribution in [2.75, 3.05) is 37.6 Å². The molecule has 0 saturated carbocycles. The fourth-order valence-electron chi connectivity index (χ4n) is 5.07. The van der Waals surface area contributed by atoms with Crippen molar-refractivity contribution in [2.24, 2.45) is 0 Å². The van der Waals surface area contributed by atoms with E-state index in [9.17, 15) is 14.7 Å². The summed E-state index contributed by atoms with van der Waals surface area (Å²) >= 11 is 0. The first-order chi connectivity index (χ1) is 19.1. The van der Waals surface area contributed by atoms with Crippen LogP contribution < -0.4 is 19.3 Å². The van der Waals surface area contributed by atoms with Gasteiger partial charge in [-0.25, -0.2) is 0 Å². The molecular weight excluding hydrogens is 504 g/mol. The van der Waals surface area contributed by atoms with Gasteiger partial charge in [0, 0.05) is 25.3 Å². The molecule has 1 amide bonds. The summed E-state index contributed by atoms with van der Waals surface area (Å²) in [6, 6.07) is 17.7. The number of carbonyl (C=O) groups excluding carboxylic acids is 2. The van der Waals surface area contributed by atoms with Crippen LogP contribution in [0.15, 0.2) is 66.2 Å². The quantitative estimate of drug-likeness (QED) is 0.186. The van der Waals surface area contributed by atoms with Gasteiger partial charge in [0.05, 0.1) is 31.0 Å². The number of methoxy groups -OCH3 is 1. The van der Waals surface area contributed by atoms with Gasteiger partial charge in [-0.2, -0.15) is 0 Å². The number of benzene rings is 3. The summed E-state index contributed by atoms with van der Waals surface area (Å²) in [5.74, 6) is -0.346. The predicted octanol–water partition coefficient (Wildman–Crippen LogP) is 6.61. The third-order valence-corrected chi connectivity index (χ3v) is 7.21. The normalized spacial score (nSPS) is 16.5. The molecule has 7 nitrogen and oxygen atoms in total. The molecule has 1 fully saturated rings. The zero-order chi connectivity index (χ0) is 29.1. The maximum Gasteiger partial charge on any atom is 0.300 e. The first-order valence-corrected chi connectivity index (χ1v) is 13.6. The number of rotatable bonds is 9. The van der Waals surface area contributed by atoms with Crippen LogP contribution in [-0.2, 0) is 9.59 Å². The average Bonchev–Trinajstić information content (AvgIpc) is 3.21. The molecule has 4 rings (SSSR count). The van der Waals surface area contributed by atoms with Crippen molar-refractivity contribution in [1.29, 1.82) is 0 Å². The molecule has 0 aliphatic carbocycles. The van der Waals surface area contributed by atoms with E-state index >= 15 is 0 Å². The van der Waals surface area contributed by atoms with Gasteiger partial charge in [0.2, 0.25) is 0 Å². The molecule has 1 atom stereocenters. The van der Waals surface area contributed by atoms with E-state index in [1.54, 1.807) is 19.2 Å². The molecule has 210 valence electrons. The van der Waals surface area contributed by atoms with Crippen molar-refractivity contribution in [1.82, 2.24) is 0 Å². The second-order valence-electron chi connectivity index (χ2n) is 10.5. The summed E-state index contributed by atoms with van der Waals surface area (Å²) in [4.78, 5) is 30.9. The van der Waals surface area contributed by atoms with Gasteiger partial charge >= 0.3 is 0 Å². The maximum absolute atomic E-state index is 13.8. The lowest BCUT2D eigenvalue weighted by Crippen LogP contribution is -2.30. The molecule has 1 saturated heterocycles. The molecule has 1 aliphatic rings. The molecule has 7 heteroatoms. The van der Waals surface area contributed by atoms with Gasteiger partial charge in [-0.1, -0.05) is 45.0 Å². The van der Waals surface area contributed by atoms with Crippen molar-refractivity contribution < 1.29 is 24.2 Å². The fraction of sp³-hybridized carbons (Fsp3) is 0.333. The highest BCUT2D eigenvalue weighted by molar-refractivity contribution is 6.52. The lowest BCUT2D eigenvalue weighted by Gasteiger charge is -2.27. The molecule has 1 aliphatic heterocycles. The number of para-hydroxylation sites is 2. The minimum atomic E-state index is -0.855. The van der Waals surface area contributed by atoms with Crippen LogP contribution in [0.25, 0.3) is 5.76 Å². The summed E-state index contributed by atoms with van der Waals surface area (Å²) in [6.45, 7) is 8.40.